The number of aldehydes is 4. The molecule has 126 valence electrons. The van der Waals surface area contributed by atoms with Crippen LogP contribution >= 0.6 is 21.6 Å². The molecule has 0 bridgehead atoms. The minimum absolute atomic E-state index is 0.135. The normalized spacial score (nSPS) is 23.3. The first-order valence-corrected chi connectivity index (χ1v) is 9.47. The molecular weight excluding hydrogens is 352 g/mol. The van der Waals surface area contributed by atoms with Crippen LogP contribution in [0, 0.1) is 0 Å². The van der Waals surface area contributed by atoms with Gasteiger partial charge in [0, 0.05) is 11.5 Å². The van der Waals surface area contributed by atoms with Crippen molar-refractivity contribution < 1.29 is 19.2 Å². The van der Waals surface area contributed by atoms with Crippen LogP contribution in [-0.4, -0.2) is 84.7 Å². The Morgan fingerprint density at radius 3 is 1.50 bits per heavy atom. The summed E-state index contributed by atoms with van der Waals surface area (Å²) in [6.45, 7) is 0.270. The zero-order valence-electron chi connectivity index (χ0n) is 12.5. The lowest BCUT2D eigenvalue weighted by Gasteiger charge is -2.18. The molecule has 0 aromatic heterocycles. The molecule has 0 aromatic carbocycles. The van der Waals surface area contributed by atoms with Crippen molar-refractivity contribution in [3.8, 4) is 0 Å². The topological polar surface area (TPSA) is 118 Å². The van der Waals surface area contributed by atoms with Crippen molar-refractivity contribution >= 4 is 69.6 Å². The number of carbonyl (C=O) groups excluding carboxylic acids is 4. The van der Waals surface area contributed by atoms with Crippen LogP contribution in [0.4, 0.5) is 0 Å². The van der Waals surface area contributed by atoms with Crippen LogP contribution in [0.15, 0.2) is 20.0 Å². The lowest BCUT2D eigenvalue weighted by atomic mass is 10.2. The molecule has 8 nitrogen and oxygen atoms in total. The quantitative estimate of drug-likeness (QED) is 0.314. The number of hydrogen-bond acceptors (Lipinski definition) is 10. The molecule has 2 aliphatic rings. The van der Waals surface area contributed by atoms with Crippen molar-refractivity contribution in [2.45, 2.75) is 12.1 Å². The smallest absolute Gasteiger partial charge is 0.166 e. The van der Waals surface area contributed by atoms with Crippen molar-refractivity contribution in [1.82, 2.24) is 0 Å². The maximum atomic E-state index is 11.0. The molecule has 0 amide bonds. The minimum atomic E-state index is -0.450. The van der Waals surface area contributed by atoms with Crippen LogP contribution in [0.2, 0.25) is 0 Å². The summed E-state index contributed by atoms with van der Waals surface area (Å²) >= 11 is 0. The van der Waals surface area contributed by atoms with Crippen LogP contribution in [0.1, 0.15) is 0 Å². The highest BCUT2D eigenvalue weighted by atomic mass is 33.1. The Hall–Kier alpha value is -1.94. The Balaban J connectivity index is 1.87. The molecule has 0 saturated heterocycles. The van der Waals surface area contributed by atoms with Crippen molar-refractivity contribution in [3.05, 3.63) is 0 Å². The van der Waals surface area contributed by atoms with Crippen LogP contribution in [-0.2, 0) is 19.2 Å². The lowest BCUT2D eigenvalue weighted by Crippen LogP contribution is -2.31. The van der Waals surface area contributed by atoms with Gasteiger partial charge in [0.2, 0.25) is 0 Å². The zero-order valence-corrected chi connectivity index (χ0v) is 14.2. The van der Waals surface area contributed by atoms with E-state index in [-0.39, 0.29) is 13.1 Å². The Bertz CT molecular complexity index is 601. The van der Waals surface area contributed by atoms with Gasteiger partial charge in [-0.05, 0) is 0 Å². The molecule has 0 radical (unpaired) electrons. The van der Waals surface area contributed by atoms with Gasteiger partial charge < -0.3 is 0 Å². The van der Waals surface area contributed by atoms with Gasteiger partial charge in [0.05, 0.1) is 24.5 Å². The Kier molecular flexibility index (Phi) is 7.19. The van der Waals surface area contributed by atoms with Crippen molar-refractivity contribution in [3.63, 3.8) is 0 Å². The second-order valence-corrected chi connectivity index (χ2v) is 7.35. The average molecular weight is 366 g/mol. The molecule has 2 heterocycles. The fourth-order valence-corrected chi connectivity index (χ4v) is 4.30. The van der Waals surface area contributed by atoms with Crippen molar-refractivity contribution in [2.75, 3.05) is 24.6 Å². The fourth-order valence-electron chi connectivity index (χ4n) is 2.01. The number of aliphatic imine (C=N–C) groups is 4. The molecule has 2 rings (SSSR count). The van der Waals surface area contributed by atoms with Gasteiger partial charge >= 0.3 is 0 Å². The maximum absolute atomic E-state index is 11.0. The summed E-state index contributed by atoms with van der Waals surface area (Å²) in [5.74, 6) is 0.925. The first-order chi connectivity index (χ1) is 11.7. The first kappa shape index (κ1) is 18.4. The number of carbonyl (C=O) groups is 4. The summed E-state index contributed by atoms with van der Waals surface area (Å²) in [6, 6.07) is -0.901. The third-order valence-corrected chi connectivity index (χ3v) is 5.61. The number of hydrogen-bond donors (Lipinski definition) is 0. The van der Waals surface area contributed by atoms with Crippen molar-refractivity contribution in [2.24, 2.45) is 20.0 Å². The molecule has 10 heteroatoms. The van der Waals surface area contributed by atoms with E-state index in [4.69, 9.17) is 0 Å². The van der Waals surface area contributed by atoms with Crippen molar-refractivity contribution in [1.29, 1.82) is 0 Å². The van der Waals surface area contributed by atoms with E-state index in [2.05, 4.69) is 20.0 Å². The minimum Gasteiger partial charge on any atom is -0.296 e. The van der Waals surface area contributed by atoms with E-state index >= 15 is 0 Å². The second-order valence-electron chi connectivity index (χ2n) is 4.80. The Labute approximate surface area is 145 Å². The van der Waals surface area contributed by atoms with E-state index in [9.17, 15) is 19.2 Å². The largest absolute Gasteiger partial charge is 0.296 e. The van der Waals surface area contributed by atoms with E-state index in [1.807, 2.05) is 0 Å². The van der Waals surface area contributed by atoms with Crippen LogP contribution in [0.3, 0.4) is 0 Å². The van der Waals surface area contributed by atoms with E-state index < -0.39 is 12.1 Å². The van der Waals surface area contributed by atoms with Crippen LogP contribution in [0.25, 0.3) is 0 Å². The maximum Gasteiger partial charge on any atom is 0.166 e. The SMILES string of the molecule is O=CC1=NC(CSSCC2N=C(C=O)CN=C2C=O)C(C=O)=NC1. The van der Waals surface area contributed by atoms with Gasteiger partial charge in [0.1, 0.15) is 23.5 Å². The van der Waals surface area contributed by atoms with Gasteiger partial charge in [0.15, 0.2) is 25.1 Å². The molecule has 2 atom stereocenters. The molecule has 0 aromatic rings. The molecule has 0 saturated carbocycles. The van der Waals surface area contributed by atoms with Crippen LogP contribution < -0.4 is 0 Å². The van der Waals surface area contributed by atoms with Gasteiger partial charge in [-0.25, -0.2) is 0 Å². The molecule has 0 N–H and O–H groups in total. The molecule has 24 heavy (non-hydrogen) atoms. The van der Waals surface area contributed by atoms with Gasteiger partial charge in [-0.2, -0.15) is 0 Å². The standard InChI is InChI=1S/C14H14N4O4S2/c19-3-9-1-15-11(5-21)13(17-9)7-23-24-8-14-12(6-22)16-2-10(4-20)18-14/h3-6,13-14H,1-2,7-8H2. The van der Waals surface area contributed by atoms with E-state index in [0.717, 1.165) is 0 Å². The van der Waals surface area contributed by atoms with E-state index in [0.29, 0.717) is 59.5 Å². The predicted molar refractivity (Wildman–Crippen MR) is 96.2 cm³/mol. The van der Waals surface area contributed by atoms with Gasteiger partial charge in [0.25, 0.3) is 0 Å². The van der Waals surface area contributed by atoms with Gasteiger partial charge in [-0.3, -0.25) is 39.1 Å². The van der Waals surface area contributed by atoms with Crippen LogP contribution in [0.5, 0.6) is 0 Å². The number of rotatable bonds is 9. The summed E-state index contributed by atoms with van der Waals surface area (Å²) in [5, 5.41) is 0. The summed E-state index contributed by atoms with van der Waals surface area (Å²) in [6.07, 6.45) is 2.58. The third kappa shape index (κ3) is 4.78. The molecule has 0 fully saturated rings. The first-order valence-electron chi connectivity index (χ1n) is 6.99. The van der Waals surface area contributed by atoms with Gasteiger partial charge in [-0.15, -0.1) is 0 Å². The molecule has 2 unspecified atom stereocenters. The molecule has 0 aliphatic carbocycles. The highest BCUT2D eigenvalue weighted by molar-refractivity contribution is 8.76. The molecular formula is C14H14N4O4S2. The summed E-state index contributed by atoms with van der Waals surface area (Å²) in [5.41, 5.74) is 1.28. The monoisotopic (exact) mass is 366 g/mol. The highest BCUT2D eigenvalue weighted by Crippen LogP contribution is 2.26. The lowest BCUT2D eigenvalue weighted by molar-refractivity contribution is -0.103. The fraction of sp³-hybridized carbons (Fsp3) is 0.429. The van der Waals surface area contributed by atoms with E-state index in [1.165, 1.54) is 21.6 Å². The highest BCUT2D eigenvalue weighted by Gasteiger charge is 2.22. The average Bonchev–Trinajstić information content (AvgIpc) is 2.64. The predicted octanol–water partition coefficient (Wildman–Crippen LogP) is -0.308. The summed E-state index contributed by atoms with van der Waals surface area (Å²) in [4.78, 5) is 60.0. The molecule has 0 spiro atoms. The molecule has 2 aliphatic heterocycles. The third-order valence-electron chi connectivity index (χ3n) is 3.22. The Morgan fingerprint density at radius 1 is 0.750 bits per heavy atom. The number of nitrogens with zero attached hydrogens (tertiary/aromatic N) is 4. The Morgan fingerprint density at radius 2 is 1.17 bits per heavy atom. The summed E-state index contributed by atoms with van der Waals surface area (Å²) in [7, 11) is 2.86. The van der Waals surface area contributed by atoms with E-state index in [1.54, 1.807) is 0 Å². The summed E-state index contributed by atoms with van der Waals surface area (Å²) < 4.78 is 0. The second kappa shape index (κ2) is 9.38. The van der Waals surface area contributed by atoms with Gasteiger partial charge in [-0.1, -0.05) is 21.6 Å². The zero-order chi connectivity index (χ0) is 17.4.